The van der Waals surface area contributed by atoms with Gasteiger partial charge in [0.1, 0.15) is 16.1 Å². The maximum atomic E-state index is 12.4. The number of methoxy groups -OCH3 is 1. The van der Waals surface area contributed by atoms with E-state index in [0.717, 1.165) is 5.39 Å². The van der Waals surface area contributed by atoms with Gasteiger partial charge in [-0.15, -0.1) is 0 Å². The number of hydrogen-bond acceptors (Lipinski definition) is 5. The SMILES string of the molecule is COC(=O)CC1(C)CC1C(=O)Nc1cc2cc(Cl)nc(Cl)c2cn1. The van der Waals surface area contributed by atoms with Gasteiger partial charge in [-0.05, 0) is 29.4 Å². The number of rotatable bonds is 4. The summed E-state index contributed by atoms with van der Waals surface area (Å²) in [6.45, 7) is 1.90. The van der Waals surface area contributed by atoms with Gasteiger partial charge in [-0.25, -0.2) is 9.97 Å². The summed E-state index contributed by atoms with van der Waals surface area (Å²) in [5.41, 5.74) is -0.357. The van der Waals surface area contributed by atoms with E-state index in [1.54, 1.807) is 12.1 Å². The van der Waals surface area contributed by atoms with E-state index in [4.69, 9.17) is 23.2 Å². The molecule has 1 aliphatic rings. The molecule has 1 N–H and O–H groups in total. The Morgan fingerprint density at radius 3 is 2.88 bits per heavy atom. The van der Waals surface area contributed by atoms with Crippen LogP contribution in [0.1, 0.15) is 19.8 Å². The number of halogens is 2. The van der Waals surface area contributed by atoms with Gasteiger partial charge >= 0.3 is 5.97 Å². The lowest BCUT2D eigenvalue weighted by molar-refractivity contribution is -0.142. The second-order valence-electron chi connectivity index (χ2n) is 6.18. The third kappa shape index (κ3) is 3.30. The third-order valence-corrected chi connectivity index (χ3v) is 4.81. The van der Waals surface area contributed by atoms with Crippen molar-refractivity contribution in [3.05, 3.63) is 28.6 Å². The summed E-state index contributed by atoms with van der Waals surface area (Å²) in [5, 5.41) is 4.69. The number of esters is 1. The Hall–Kier alpha value is -1.92. The van der Waals surface area contributed by atoms with Crippen molar-refractivity contribution in [1.82, 2.24) is 9.97 Å². The standard InChI is InChI=1S/C16H15Cl2N3O3/c1-16(6-13(22)24-2)5-10(16)15(23)21-12-4-8-3-11(17)20-14(18)9(8)7-19-12/h3-4,7,10H,5-6H2,1-2H3,(H,19,21,23). The fourth-order valence-corrected chi connectivity index (χ4v) is 3.27. The number of hydrogen-bond donors (Lipinski definition) is 1. The summed E-state index contributed by atoms with van der Waals surface area (Å²) < 4.78 is 4.67. The number of pyridine rings is 2. The van der Waals surface area contributed by atoms with E-state index in [9.17, 15) is 9.59 Å². The molecule has 0 aromatic carbocycles. The van der Waals surface area contributed by atoms with Crippen LogP contribution in [0.5, 0.6) is 0 Å². The van der Waals surface area contributed by atoms with E-state index >= 15 is 0 Å². The summed E-state index contributed by atoms with van der Waals surface area (Å²) >= 11 is 11.9. The molecule has 126 valence electrons. The second-order valence-corrected chi connectivity index (χ2v) is 6.92. The second kappa shape index (κ2) is 6.18. The summed E-state index contributed by atoms with van der Waals surface area (Å²) in [6, 6.07) is 3.34. The molecule has 2 heterocycles. The lowest BCUT2D eigenvalue weighted by atomic mass is 10.0. The summed E-state index contributed by atoms with van der Waals surface area (Å²) in [7, 11) is 1.34. The van der Waals surface area contributed by atoms with Crippen molar-refractivity contribution < 1.29 is 14.3 Å². The molecule has 0 aliphatic heterocycles. The summed E-state index contributed by atoms with van der Waals surface area (Å²) in [5.74, 6) is -0.315. The van der Waals surface area contributed by atoms with Crippen molar-refractivity contribution in [2.75, 3.05) is 12.4 Å². The van der Waals surface area contributed by atoms with E-state index in [0.29, 0.717) is 17.6 Å². The Labute approximate surface area is 148 Å². The fraction of sp³-hybridized carbons (Fsp3) is 0.375. The van der Waals surface area contributed by atoms with Crippen LogP contribution in [0.4, 0.5) is 5.82 Å². The molecule has 24 heavy (non-hydrogen) atoms. The molecule has 0 bridgehead atoms. The highest BCUT2D eigenvalue weighted by atomic mass is 35.5. The molecule has 8 heteroatoms. The van der Waals surface area contributed by atoms with Crippen LogP contribution in [0.25, 0.3) is 10.8 Å². The molecule has 0 saturated heterocycles. The predicted octanol–water partition coefficient (Wildman–Crippen LogP) is 3.46. The van der Waals surface area contributed by atoms with E-state index in [2.05, 4.69) is 20.0 Å². The number of aromatic nitrogens is 2. The first kappa shape index (κ1) is 16.9. The van der Waals surface area contributed by atoms with Gasteiger partial charge in [0.05, 0.1) is 13.5 Å². The molecule has 1 aliphatic carbocycles. The third-order valence-electron chi connectivity index (χ3n) is 4.33. The smallest absolute Gasteiger partial charge is 0.306 e. The fourth-order valence-electron chi connectivity index (χ4n) is 2.77. The lowest BCUT2D eigenvalue weighted by Gasteiger charge is -2.10. The summed E-state index contributed by atoms with van der Waals surface area (Å²) in [6.07, 6.45) is 2.41. The molecule has 1 fully saturated rings. The van der Waals surface area contributed by atoms with Gasteiger partial charge in [0.2, 0.25) is 5.91 Å². The molecular formula is C16H15Cl2N3O3. The summed E-state index contributed by atoms with van der Waals surface area (Å²) in [4.78, 5) is 31.9. The number of nitrogens with zero attached hydrogens (tertiary/aromatic N) is 2. The van der Waals surface area contributed by atoms with Crippen molar-refractivity contribution in [3.63, 3.8) is 0 Å². The van der Waals surface area contributed by atoms with Crippen LogP contribution >= 0.6 is 23.2 Å². The monoisotopic (exact) mass is 367 g/mol. The minimum Gasteiger partial charge on any atom is -0.469 e. The number of carbonyl (C=O) groups is 2. The molecule has 2 atom stereocenters. The van der Waals surface area contributed by atoms with Crippen molar-refractivity contribution in [2.45, 2.75) is 19.8 Å². The average molecular weight is 368 g/mol. The molecule has 1 amide bonds. The van der Waals surface area contributed by atoms with Gasteiger partial charge in [-0.1, -0.05) is 30.1 Å². The first-order valence-corrected chi connectivity index (χ1v) is 8.07. The van der Waals surface area contributed by atoms with Crippen LogP contribution in [0.2, 0.25) is 10.3 Å². The Morgan fingerprint density at radius 2 is 2.17 bits per heavy atom. The quantitative estimate of drug-likeness (QED) is 0.660. The number of nitrogens with one attached hydrogen (secondary N) is 1. The maximum Gasteiger partial charge on any atom is 0.306 e. The van der Waals surface area contributed by atoms with Gasteiger partial charge in [-0.3, -0.25) is 9.59 Å². The first-order chi connectivity index (χ1) is 11.3. The van der Waals surface area contributed by atoms with E-state index < -0.39 is 0 Å². The zero-order valence-electron chi connectivity index (χ0n) is 13.1. The normalized spacial score (nSPS) is 22.2. The first-order valence-electron chi connectivity index (χ1n) is 7.32. The highest BCUT2D eigenvalue weighted by Gasteiger charge is 2.55. The number of fused-ring (bicyclic) bond motifs is 1. The van der Waals surface area contributed by atoms with Crippen LogP contribution in [0.15, 0.2) is 18.3 Å². The Balaban J connectivity index is 1.74. The highest BCUT2D eigenvalue weighted by molar-refractivity contribution is 6.36. The Bertz CT molecular complexity index is 843. The van der Waals surface area contributed by atoms with Crippen molar-refractivity contribution >= 4 is 51.7 Å². The van der Waals surface area contributed by atoms with E-state index in [1.807, 2.05) is 6.92 Å². The van der Waals surface area contributed by atoms with Crippen LogP contribution in [-0.4, -0.2) is 29.0 Å². The molecule has 2 aromatic rings. The highest BCUT2D eigenvalue weighted by Crippen LogP contribution is 2.55. The number of carbonyl (C=O) groups excluding carboxylic acids is 2. The Kier molecular flexibility index (Phi) is 4.36. The van der Waals surface area contributed by atoms with Gasteiger partial charge in [0, 0.05) is 17.5 Å². The molecular weight excluding hydrogens is 353 g/mol. The van der Waals surface area contributed by atoms with Gasteiger partial charge in [-0.2, -0.15) is 0 Å². The van der Waals surface area contributed by atoms with Crippen molar-refractivity contribution in [1.29, 1.82) is 0 Å². The van der Waals surface area contributed by atoms with Crippen molar-refractivity contribution in [3.8, 4) is 0 Å². The van der Waals surface area contributed by atoms with Gasteiger partial charge in [0.25, 0.3) is 0 Å². The molecule has 2 aromatic heterocycles. The zero-order valence-corrected chi connectivity index (χ0v) is 14.6. The average Bonchev–Trinajstić information content (AvgIpc) is 3.18. The zero-order chi connectivity index (χ0) is 17.5. The number of amides is 1. The van der Waals surface area contributed by atoms with Crippen LogP contribution in [0.3, 0.4) is 0 Å². The lowest BCUT2D eigenvalue weighted by Crippen LogP contribution is -2.20. The van der Waals surface area contributed by atoms with Crippen molar-refractivity contribution in [2.24, 2.45) is 11.3 Å². The molecule has 1 saturated carbocycles. The van der Waals surface area contributed by atoms with Crippen LogP contribution < -0.4 is 5.32 Å². The Morgan fingerprint density at radius 1 is 1.42 bits per heavy atom. The molecule has 2 unspecified atom stereocenters. The van der Waals surface area contributed by atoms with Crippen LogP contribution in [-0.2, 0) is 14.3 Å². The molecule has 6 nitrogen and oxygen atoms in total. The molecule has 0 spiro atoms. The van der Waals surface area contributed by atoms with Gasteiger partial charge < -0.3 is 10.1 Å². The molecule has 3 rings (SSSR count). The van der Waals surface area contributed by atoms with Crippen LogP contribution in [0, 0.1) is 11.3 Å². The number of anilines is 1. The minimum absolute atomic E-state index is 0.167. The minimum atomic E-state index is -0.357. The topological polar surface area (TPSA) is 81.2 Å². The predicted molar refractivity (Wildman–Crippen MR) is 91.0 cm³/mol. The number of ether oxygens (including phenoxy) is 1. The van der Waals surface area contributed by atoms with E-state index in [-0.39, 0.29) is 39.9 Å². The molecule has 0 radical (unpaired) electrons. The largest absolute Gasteiger partial charge is 0.469 e. The van der Waals surface area contributed by atoms with E-state index in [1.165, 1.54) is 13.3 Å². The van der Waals surface area contributed by atoms with Gasteiger partial charge in [0.15, 0.2) is 0 Å². The maximum absolute atomic E-state index is 12.4.